The molecule has 2 aromatic carbocycles. The van der Waals surface area contributed by atoms with Crippen molar-refractivity contribution < 1.29 is 9.53 Å². The van der Waals surface area contributed by atoms with Gasteiger partial charge in [0, 0.05) is 16.7 Å². The summed E-state index contributed by atoms with van der Waals surface area (Å²) < 4.78 is 5.22. The summed E-state index contributed by atoms with van der Waals surface area (Å²) in [4.78, 5) is 12.9. The topological polar surface area (TPSA) is 52.3 Å². The van der Waals surface area contributed by atoms with Crippen LogP contribution in [0.5, 0.6) is 0 Å². The van der Waals surface area contributed by atoms with Crippen LogP contribution >= 0.6 is 11.8 Å². The van der Waals surface area contributed by atoms with Gasteiger partial charge in [-0.25, -0.2) is 0 Å². The summed E-state index contributed by atoms with van der Waals surface area (Å²) in [5.74, 6) is 0.449. The molecule has 0 aromatic heterocycles. The first-order valence-corrected chi connectivity index (χ1v) is 7.85. The number of carbonyl (C=O) groups is 1. The molecular formula is C17H19NO2S. The van der Waals surface area contributed by atoms with E-state index in [9.17, 15) is 4.79 Å². The van der Waals surface area contributed by atoms with E-state index in [4.69, 9.17) is 10.5 Å². The summed E-state index contributed by atoms with van der Waals surface area (Å²) in [6, 6.07) is 19.5. The molecule has 0 saturated heterocycles. The second kappa shape index (κ2) is 8.49. The number of esters is 1. The Balaban J connectivity index is 1.67. The minimum Gasteiger partial charge on any atom is -0.461 e. The summed E-state index contributed by atoms with van der Waals surface area (Å²) in [7, 11) is 0. The lowest BCUT2D eigenvalue weighted by Gasteiger charge is -2.11. The molecule has 1 atom stereocenters. The minimum atomic E-state index is -0.250. The summed E-state index contributed by atoms with van der Waals surface area (Å²) in [6.45, 7) is 0.304. The van der Waals surface area contributed by atoms with Gasteiger partial charge in [0.25, 0.3) is 0 Å². The molecule has 21 heavy (non-hydrogen) atoms. The van der Waals surface area contributed by atoms with Crippen molar-refractivity contribution in [1.82, 2.24) is 0 Å². The number of hydrogen-bond donors (Lipinski definition) is 1. The van der Waals surface area contributed by atoms with E-state index < -0.39 is 0 Å². The molecule has 4 heteroatoms. The zero-order chi connectivity index (χ0) is 14.9. The van der Waals surface area contributed by atoms with Gasteiger partial charge in [0.1, 0.15) is 6.61 Å². The van der Waals surface area contributed by atoms with Crippen LogP contribution < -0.4 is 5.73 Å². The monoisotopic (exact) mass is 301 g/mol. The van der Waals surface area contributed by atoms with Crippen molar-refractivity contribution in [3.63, 3.8) is 0 Å². The first-order chi connectivity index (χ1) is 10.2. The number of nitrogens with two attached hydrogens (primary N) is 1. The van der Waals surface area contributed by atoms with E-state index in [1.165, 1.54) is 0 Å². The minimum absolute atomic E-state index is 0.196. The Morgan fingerprint density at radius 1 is 1.05 bits per heavy atom. The summed E-state index contributed by atoms with van der Waals surface area (Å²) in [5.41, 5.74) is 6.95. The molecule has 0 aliphatic carbocycles. The van der Waals surface area contributed by atoms with Gasteiger partial charge in [-0.1, -0.05) is 48.5 Å². The SMILES string of the molecule is N[C@H](CSc1ccccc1)CC(=O)OCc1ccccc1. The molecule has 0 heterocycles. The van der Waals surface area contributed by atoms with Crippen LogP contribution in [-0.4, -0.2) is 17.8 Å². The Hall–Kier alpha value is -1.78. The Morgan fingerprint density at radius 3 is 2.33 bits per heavy atom. The third kappa shape index (κ3) is 6.02. The second-order valence-corrected chi connectivity index (χ2v) is 5.83. The quantitative estimate of drug-likeness (QED) is 0.630. The molecule has 0 unspecified atom stereocenters. The van der Waals surface area contributed by atoms with Gasteiger partial charge in [-0.05, 0) is 17.7 Å². The number of carbonyl (C=O) groups excluding carboxylic acids is 1. The predicted molar refractivity (Wildman–Crippen MR) is 86.0 cm³/mol. The summed E-state index contributed by atoms with van der Waals surface area (Å²) in [6.07, 6.45) is 0.243. The third-order valence-corrected chi connectivity index (χ3v) is 4.08. The highest BCUT2D eigenvalue weighted by atomic mass is 32.2. The number of thioether (sulfide) groups is 1. The molecule has 0 amide bonds. The van der Waals surface area contributed by atoms with Gasteiger partial charge in [-0.2, -0.15) is 0 Å². The first-order valence-electron chi connectivity index (χ1n) is 6.87. The van der Waals surface area contributed by atoms with Crippen molar-refractivity contribution in [2.45, 2.75) is 24.0 Å². The molecule has 110 valence electrons. The normalized spacial score (nSPS) is 11.9. The van der Waals surface area contributed by atoms with Gasteiger partial charge in [0.2, 0.25) is 0 Å². The smallest absolute Gasteiger partial charge is 0.307 e. The number of hydrogen-bond acceptors (Lipinski definition) is 4. The van der Waals surface area contributed by atoms with E-state index in [-0.39, 0.29) is 18.4 Å². The van der Waals surface area contributed by atoms with Crippen LogP contribution in [0.3, 0.4) is 0 Å². The van der Waals surface area contributed by atoms with Crippen LogP contribution in [0.2, 0.25) is 0 Å². The van der Waals surface area contributed by atoms with Gasteiger partial charge in [-0.3, -0.25) is 4.79 Å². The number of benzene rings is 2. The molecule has 0 fully saturated rings. The Bertz CT molecular complexity index is 545. The fourth-order valence-corrected chi connectivity index (χ4v) is 2.66. The van der Waals surface area contributed by atoms with Crippen LogP contribution in [-0.2, 0) is 16.1 Å². The van der Waals surface area contributed by atoms with E-state index >= 15 is 0 Å². The molecule has 0 aliphatic rings. The fourth-order valence-electron chi connectivity index (χ4n) is 1.79. The highest BCUT2D eigenvalue weighted by Crippen LogP contribution is 2.18. The van der Waals surface area contributed by atoms with Crippen LogP contribution in [0.1, 0.15) is 12.0 Å². The van der Waals surface area contributed by atoms with Gasteiger partial charge < -0.3 is 10.5 Å². The highest BCUT2D eigenvalue weighted by molar-refractivity contribution is 7.99. The summed E-state index contributed by atoms with van der Waals surface area (Å²) >= 11 is 1.65. The van der Waals surface area contributed by atoms with Gasteiger partial charge >= 0.3 is 5.97 Å². The lowest BCUT2D eigenvalue weighted by Crippen LogP contribution is -2.27. The van der Waals surface area contributed by atoms with E-state index in [0.29, 0.717) is 12.4 Å². The van der Waals surface area contributed by atoms with E-state index in [1.807, 2.05) is 60.7 Å². The van der Waals surface area contributed by atoms with Crippen molar-refractivity contribution in [3.05, 3.63) is 66.2 Å². The largest absolute Gasteiger partial charge is 0.461 e. The molecule has 0 spiro atoms. The second-order valence-electron chi connectivity index (χ2n) is 4.73. The third-order valence-electron chi connectivity index (χ3n) is 2.88. The van der Waals surface area contributed by atoms with Crippen molar-refractivity contribution in [2.24, 2.45) is 5.73 Å². The molecule has 2 aromatic rings. The summed E-state index contributed by atoms with van der Waals surface area (Å²) in [5, 5.41) is 0. The Kier molecular flexibility index (Phi) is 6.31. The first kappa shape index (κ1) is 15.6. The lowest BCUT2D eigenvalue weighted by molar-refractivity contribution is -0.145. The predicted octanol–water partition coefficient (Wildman–Crippen LogP) is 3.24. The molecule has 2 N–H and O–H groups in total. The zero-order valence-corrected chi connectivity index (χ0v) is 12.6. The van der Waals surface area contributed by atoms with Crippen molar-refractivity contribution >= 4 is 17.7 Å². The zero-order valence-electron chi connectivity index (χ0n) is 11.8. The molecule has 0 aliphatic heterocycles. The number of ether oxygens (including phenoxy) is 1. The average Bonchev–Trinajstić information content (AvgIpc) is 2.53. The van der Waals surface area contributed by atoms with E-state index in [0.717, 1.165) is 10.5 Å². The van der Waals surface area contributed by atoms with Crippen LogP contribution in [0.4, 0.5) is 0 Å². The van der Waals surface area contributed by atoms with Crippen LogP contribution in [0, 0.1) is 0 Å². The number of rotatable bonds is 7. The van der Waals surface area contributed by atoms with Crippen LogP contribution in [0.25, 0.3) is 0 Å². The van der Waals surface area contributed by atoms with Gasteiger partial charge in [0.15, 0.2) is 0 Å². The van der Waals surface area contributed by atoms with E-state index in [1.54, 1.807) is 11.8 Å². The maximum Gasteiger partial charge on any atom is 0.307 e. The Morgan fingerprint density at radius 2 is 1.67 bits per heavy atom. The maximum atomic E-state index is 11.7. The lowest BCUT2D eigenvalue weighted by atomic mass is 10.2. The molecule has 3 nitrogen and oxygen atoms in total. The van der Waals surface area contributed by atoms with E-state index in [2.05, 4.69) is 0 Å². The van der Waals surface area contributed by atoms with Gasteiger partial charge in [0.05, 0.1) is 6.42 Å². The molecule has 0 bridgehead atoms. The van der Waals surface area contributed by atoms with Crippen molar-refractivity contribution in [1.29, 1.82) is 0 Å². The molecular weight excluding hydrogens is 282 g/mol. The standard InChI is InChI=1S/C17H19NO2S/c18-15(13-21-16-9-5-2-6-10-16)11-17(19)20-12-14-7-3-1-4-8-14/h1-10,15H,11-13,18H2/t15-/m0/s1. The fraction of sp³-hybridized carbons (Fsp3) is 0.235. The highest BCUT2D eigenvalue weighted by Gasteiger charge is 2.11. The van der Waals surface area contributed by atoms with Crippen molar-refractivity contribution in [2.75, 3.05) is 5.75 Å². The maximum absolute atomic E-state index is 11.7. The average molecular weight is 301 g/mol. The van der Waals surface area contributed by atoms with Crippen LogP contribution in [0.15, 0.2) is 65.6 Å². The van der Waals surface area contributed by atoms with Crippen molar-refractivity contribution in [3.8, 4) is 0 Å². The Labute approximate surface area is 129 Å². The molecule has 2 rings (SSSR count). The molecule has 0 radical (unpaired) electrons. The molecule has 0 saturated carbocycles. The van der Waals surface area contributed by atoms with Gasteiger partial charge in [-0.15, -0.1) is 11.8 Å².